The summed E-state index contributed by atoms with van der Waals surface area (Å²) < 4.78 is 0. The molecule has 0 bridgehead atoms. The maximum absolute atomic E-state index is 11.0. The minimum Gasteiger partial charge on any atom is -0.480 e. The van der Waals surface area contributed by atoms with Crippen LogP contribution < -0.4 is 0 Å². The molecule has 0 aromatic carbocycles. The van der Waals surface area contributed by atoms with Crippen molar-refractivity contribution in [1.82, 2.24) is 0 Å². The van der Waals surface area contributed by atoms with Gasteiger partial charge in [-0.1, -0.05) is 18.1 Å². The number of hydrogen-bond acceptors (Lipinski definition) is 2. The highest BCUT2D eigenvalue weighted by atomic mass is 16.4. The number of carboxylic acids is 2. The van der Waals surface area contributed by atoms with E-state index in [4.69, 9.17) is 16.6 Å². The number of carboxylic acid groups (broad SMARTS) is 2. The molecule has 0 amide bonds. The quantitative estimate of drug-likeness (QED) is 0.662. The average molecular weight is 206 g/mol. The Labute approximate surface area is 86.9 Å². The van der Waals surface area contributed by atoms with E-state index in [0.717, 1.165) is 0 Å². The van der Waals surface area contributed by atoms with Crippen LogP contribution in [0.25, 0.3) is 0 Å². The van der Waals surface area contributed by atoms with Crippen LogP contribution in [0.1, 0.15) is 13.3 Å². The van der Waals surface area contributed by atoms with Gasteiger partial charge in [-0.25, -0.2) is 4.79 Å². The molecule has 1 aliphatic carbocycles. The first kappa shape index (κ1) is 11.1. The molecule has 0 spiro atoms. The molecule has 2 N–H and O–H groups in total. The van der Waals surface area contributed by atoms with E-state index in [1.54, 1.807) is 6.92 Å². The molecular formula is C11H10O4. The van der Waals surface area contributed by atoms with Crippen LogP contribution in [0.5, 0.6) is 0 Å². The maximum atomic E-state index is 11.0. The lowest BCUT2D eigenvalue weighted by Crippen LogP contribution is -2.31. The van der Waals surface area contributed by atoms with Crippen LogP contribution in [-0.2, 0) is 9.59 Å². The zero-order valence-corrected chi connectivity index (χ0v) is 8.15. The number of aliphatic carboxylic acids is 2. The van der Waals surface area contributed by atoms with Crippen molar-refractivity contribution in [3.63, 3.8) is 0 Å². The Morgan fingerprint density at radius 2 is 2.13 bits per heavy atom. The summed E-state index contributed by atoms with van der Waals surface area (Å²) in [6, 6.07) is 0. The standard InChI is InChI=1S/C11H10O4/c1-3-11(10(14)15)5-4-7(2)8(6-11)9(12)13/h1,4-5H,6H2,2H3,(H,12,13)(H,14,15). The molecule has 0 saturated heterocycles. The van der Waals surface area contributed by atoms with Gasteiger partial charge >= 0.3 is 11.9 Å². The summed E-state index contributed by atoms with van der Waals surface area (Å²) in [5.74, 6) is -0.190. The molecule has 0 radical (unpaired) electrons. The summed E-state index contributed by atoms with van der Waals surface area (Å²) in [4.78, 5) is 21.8. The Balaban J connectivity index is 3.19. The minimum absolute atomic E-state index is 0.0536. The molecule has 0 heterocycles. The largest absolute Gasteiger partial charge is 0.480 e. The fraction of sp³-hybridized carbons (Fsp3) is 0.273. The third kappa shape index (κ3) is 1.77. The monoisotopic (exact) mass is 206 g/mol. The molecule has 4 heteroatoms. The van der Waals surface area contributed by atoms with Gasteiger partial charge in [-0.2, -0.15) is 0 Å². The van der Waals surface area contributed by atoms with Crippen molar-refractivity contribution in [1.29, 1.82) is 0 Å². The summed E-state index contributed by atoms with van der Waals surface area (Å²) in [6.07, 6.45) is 7.78. The number of terminal acetylenes is 1. The van der Waals surface area contributed by atoms with Crippen LogP contribution >= 0.6 is 0 Å². The van der Waals surface area contributed by atoms with Crippen molar-refractivity contribution in [2.24, 2.45) is 5.41 Å². The molecule has 1 aliphatic rings. The van der Waals surface area contributed by atoms with E-state index in [-0.39, 0.29) is 12.0 Å². The Morgan fingerprint density at radius 1 is 1.53 bits per heavy atom. The van der Waals surface area contributed by atoms with Gasteiger partial charge in [-0.3, -0.25) is 4.79 Å². The van der Waals surface area contributed by atoms with E-state index in [1.807, 2.05) is 0 Å². The van der Waals surface area contributed by atoms with E-state index in [1.165, 1.54) is 12.2 Å². The Kier molecular flexibility index (Phi) is 2.67. The summed E-state index contributed by atoms with van der Waals surface area (Å²) in [6.45, 7) is 1.61. The van der Waals surface area contributed by atoms with Gasteiger partial charge in [0.15, 0.2) is 5.41 Å². The second-order valence-electron chi connectivity index (χ2n) is 3.40. The van der Waals surface area contributed by atoms with Crippen molar-refractivity contribution < 1.29 is 19.8 Å². The van der Waals surface area contributed by atoms with Gasteiger partial charge in [0.25, 0.3) is 0 Å². The van der Waals surface area contributed by atoms with Crippen molar-refractivity contribution in [2.45, 2.75) is 13.3 Å². The second-order valence-corrected chi connectivity index (χ2v) is 3.40. The first-order valence-corrected chi connectivity index (χ1v) is 4.26. The smallest absolute Gasteiger partial charge is 0.331 e. The van der Waals surface area contributed by atoms with Crippen LogP contribution in [0.4, 0.5) is 0 Å². The molecule has 0 fully saturated rings. The molecule has 1 unspecified atom stereocenters. The highest BCUT2D eigenvalue weighted by Gasteiger charge is 2.38. The first-order valence-electron chi connectivity index (χ1n) is 4.26. The van der Waals surface area contributed by atoms with Gasteiger partial charge in [-0.15, -0.1) is 6.42 Å². The summed E-state index contributed by atoms with van der Waals surface area (Å²) in [5, 5.41) is 17.8. The Morgan fingerprint density at radius 3 is 2.53 bits per heavy atom. The van der Waals surface area contributed by atoms with E-state index < -0.39 is 17.4 Å². The zero-order chi connectivity index (χ0) is 11.6. The highest BCUT2D eigenvalue weighted by molar-refractivity contribution is 5.92. The van der Waals surface area contributed by atoms with Crippen LogP contribution in [0.15, 0.2) is 23.3 Å². The summed E-state index contributed by atoms with van der Waals surface area (Å²) in [7, 11) is 0. The lowest BCUT2D eigenvalue weighted by molar-refractivity contribution is -0.143. The topological polar surface area (TPSA) is 74.6 Å². The predicted molar refractivity (Wildman–Crippen MR) is 53.0 cm³/mol. The second kappa shape index (κ2) is 3.62. The van der Waals surface area contributed by atoms with Crippen molar-refractivity contribution in [3.05, 3.63) is 23.3 Å². The normalized spacial score (nSPS) is 24.8. The number of carbonyl (C=O) groups is 2. The SMILES string of the molecule is C#CC1(C(=O)O)C=CC(C)=C(C(=O)O)C1. The van der Waals surface area contributed by atoms with E-state index in [9.17, 15) is 9.59 Å². The number of allylic oxidation sites excluding steroid dienone is 2. The minimum atomic E-state index is -1.52. The van der Waals surface area contributed by atoms with Crippen LogP contribution in [0.2, 0.25) is 0 Å². The van der Waals surface area contributed by atoms with Gasteiger partial charge < -0.3 is 10.2 Å². The first-order chi connectivity index (χ1) is 6.93. The van der Waals surface area contributed by atoms with Gasteiger partial charge in [0.05, 0.1) is 0 Å². The molecule has 0 aliphatic heterocycles. The third-order valence-corrected chi connectivity index (χ3v) is 2.45. The molecule has 1 rings (SSSR count). The molecule has 0 saturated carbocycles. The van der Waals surface area contributed by atoms with E-state index >= 15 is 0 Å². The lowest BCUT2D eigenvalue weighted by atomic mass is 9.77. The third-order valence-electron chi connectivity index (χ3n) is 2.45. The van der Waals surface area contributed by atoms with Crippen molar-refractivity contribution >= 4 is 11.9 Å². The lowest BCUT2D eigenvalue weighted by Gasteiger charge is -2.24. The number of hydrogen-bond donors (Lipinski definition) is 2. The molecule has 1 atom stereocenters. The average Bonchev–Trinajstić information content (AvgIpc) is 2.18. The molecular weight excluding hydrogens is 196 g/mol. The zero-order valence-electron chi connectivity index (χ0n) is 8.15. The van der Waals surface area contributed by atoms with Crippen LogP contribution in [0, 0.1) is 17.8 Å². The molecule has 0 aromatic rings. The van der Waals surface area contributed by atoms with Gasteiger partial charge in [0.1, 0.15) is 0 Å². The number of rotatable bonds is 2. The fourth-order valence-corrected chi connectivity index (χ4v) is 1.40. The van der Waals surface area contributed by atoms with Gasteiger partial charge in [0.2, 0.25) is 0 Å². The van der Waals surface area contributed by atoms with Crippen LogP contribution in [-0.4, -0.2) is 22.2 Å². The summed E-state index contributed by atoms with van der Waals surface area (Å²) in [5.41, 5.74) is -0.930. The van der Waals surface area contributed by atoms with Crippen molar-refractivity contribution in [2.75, 3.05) is 0 Å². The molecule has 4 nitrogen and oxygen atoms in total. The Hall–Kier alpha value is -2.02. The summed E-state index contributed by atoms with van der Waals surface area (Å²) >= 11 is 0. The fourth-order valence-electron chi connectivity index (χ4n) is 1.40. The maximum Gasteiger partial charge on any atom is 0.331 e. The van der Waals surface area contributed by atoms with Crippen molar-refractivity contribution in [3.8, 4) is 12.3 Å². The predicted octanol–water partition coefficient (Wildman–Crippen LogP) is 1.05. The van der Waals surface area contributed by atoms with Gasteiger partial charge in [-0.05, 0) is 12.5 Å². The highest BCUT2D eigenvalue weighted by Crippen LogP contribution is 2.34. The van der Waals surface area contributed by atoms with Crippen LogP contribution in [0.3, 0.4) is 0 Å². The Bertz CT molecular complexity index is 422. The molecule has 0 aromatic heterocycles. The van der Waals surface area contributed by atoms with Gasteiger partial charge in [0, 0.05) is 12.0 Å². The van der Waals surface area contributed by atoms with E-state index in [2.05, 4.69) is 5.92 Å². The van der Waals surface area contributed by atoms with E-state index in [0.29, 0.717) is 5.57 Å². The molecule has 15 heavy (non-hydrogen) atoms. The molecule has 78 valence electrons.